The highest BCUT2D eigenvalue weighted by molar-refractivity contribution is 7.90. The summed E-state index contributed by atoms with van der Waals surface area (Å²) < 4.78 is 22.3. The second-order valence-corrected chi connectivity index (χ2v) is 6.92. The van der Waals surface area contributed by atoms with Crippen LogP contribution in [0.5, 0.6) is 0 Å². The first-order valence-electron chi connectivity index (χ1n) is 6.03. The Morgan fingerprint density at radius 2 is 2.06 bits per heavy atom. The number of piperidine rings is 1. The van der Waals surface area contributed by atoms with E-state index in [0.717, 1.165) is 25.9 Å². The van der Waals surface area contributed by atoms with Gasteiger partial charge in [-0.2, -0.15) is 0 Å². The van der Waals surface area contributed by atoms with E-state index in [1.807, 2.05) is 0 Å². The lowest BCUT2D eigenvalue weighted by Gasteiger charge is -2.35. The van der Waals surface area contributed by atoms with Crippen LogP contribution in [-0.2, 0) is 14.9 Å². The lowest BCUT2D eigenvalue weighted by Crippen LogP contribution is -2.41. The molecule has 1 saturated heterocycles. The Labute approximate surface area is 98.6 Å². The number of rotatable bonds is 6. The largest absolute Gasteiger partial charge is 0.300 e. The van der Waals surface area contributed by atoms with Gasteiger partial charge in [-0.3, -0.25) is 0 Å². The second-order valence-electron chi connectivity index (χ2n) is 4.66. The van der Waals surface area contributed by atoms with E-state index in [0.29, 0.717) is 12.5 Å². The zero-order valence-electron chi connectivity index (χ0n) is 10.0. The van der Waals surface area contributed by atoms with Gasteiger partial charge in [-0.1, -0.05) is 6.42 Å². The van der Waals surface area contributed by atoms with Crippen molar-refractivity contribution in [2.45, 2.75) is 38.1 Å². The van der Waals surface area contributed by atoms with E-state index in [-0.39, 0.29) is 12.4 Å². The third kappa shape index (κ3) is 5.27. The smallest absolute Gasteiger partial charge is 0.147 e. The zero-order chi connectivity index (χ0) is 12.0. The summed E-state index contributed by atoms with van der Waals surface area (Å²) in [5, 5.41) is 10.5. The normalized spacial score (nSPS) is 23.5. The molecule has 1 fully saturated rings. The molecule has 95 valence electrons. The Balaban J connectivity index is 2.40. The van der Waals surface area contributed by atoms with Crippen molar-refractivity contribution in [1.29, 1.82) is 0 Å². The molecule has 0 aromatic heterocycles. The lowest BCUT2D eigenvalue weighted by molar-refractivity contribution is 0.116. The van der Waals surface area contributed by atoms with Gasteiger partial charge in [-0.15, -0.1) is 0 Å². The zero-order valence-corrected chi connectivity index (χ0v) is 10.8. The summed E-state index contributed by atoms with van der Waals surface area (Å²) in [6, 6.07) is 0.370. The van der Waals surface area contributed by atoms with E-state index in [1.54, 1.807) is 0 Å². The van der Waals surface area contributed by atoms with Crippen LogP contribution in [0.4, 0.5) is 0 Å². The van der Waals surface area contributed by atoms with Crippen molar-refractivity contribution in [2.75, 3.05) is 31.7 Å². The summed E-state index contributed by atoms with van der Waals surface area (Å²) in [4.78, 5) is 2.30. The molecule has 1 atom stereocenters. The van der Waals surface area contributed by atoms with Gasteiger partial charge in [0, 0.05) is 18.8 Å². The number of hydrogen-bond acceptors (Lipinski definition) is 3. The average Bonchev–Trinajstić information content (AvgIpc) is 2.23. The van der Waals surface area contributed by atoms with Crippen LogP contribution in [0.2, 0.25) is 0 Å². The van der Waals surface area contributed by atoms with E-state index in [9.17, 15) is 13.5 Å². The van der Waals surface area contributed by atoms with Crippen molar-refractivity contribution in [3.8, 4) is 0 Å². The SMILES string of the molecule is CS(=O)(=O)CCC1CCCCN1CCC[O]. The van der Waals surface area contributed by atoms with E-state index in [4.69, 9.17) is 0 Å². The summed E-state index contributed by atoms with van der Waals surface area (Å²) in [7, 11) is -2.86. The average molecular weight is 248 g/mol. The van der Waals surface area contributed by atoms with Crippen LogP contribution in [0.1, 0.15) is 32.1 Å². The first-order valence-corrected chi connectivity index (χ1v) is 8.09. The van der Waals surface area contributed by atoms with Crippen molar-refractivity contribution >= 4 is 9.84 Å². The fraction of sp³-hybridized carbons (Fsp3) is 1.00. The molecule has 1 aliphatic heterocycles. The molecule has 0 spiro atoms. The number of likely N-dealkylation sites (tertiary alicyclic amines) is 1. The summed E-state index contributed by atoms with van der Waals surface area (Å²) in [5.41, 5.74) is 0. The van der Waals surface area contributed by atoms with Gasteiger partial charge < -0.3 is 4.90 Å². The monoisotopic (exact) mass is 248 g/mol. The van der Waals surface area contributed by atoms with Gasteiger partial charge >= 0.3 is 0 Å². The Kier molecular flexibility index (Phi) is 5.72. The van der Waals surface area contributed by atoms with Crippen LogP contribution in [0, 0.1) is 0 Å². The van der Waals surface area contributed by atoms with Crippen LogP contribution >= 0.6 is 0 Å². The minimum atomic E-state index is -2.86. The Bertz CT molecular complexity index is 290. The highest BCUT2D eigenvalue weighted by Gasteiger charge is 2.22. The van der Waals surface area contributed by atoms with Crippen LogP contribution in [0.15, 0.2) is 0 Å². The summed E-state index contributed by atoms with van der Waals surface area (Å²) in [6.45, 7) is 1.82. The molecule has 1 rings (SSSR count). The molecule has 1 unspecified atom stereocenters. The first-order chi connectivity index (χ1) is 7.53. The molecule has 1 aliphatic rings. The number of sulfone groups is 1. The van der Waals surface area contributed by atoms with Crippen LogP contribution in [0.3, 0.4) is 0 Å². The fourth-order valence-electron chi connectivity index (χ4n) is 2.30. The minimum absolute atomic E-state index is 0.0324. The topological polar surface area (TPSA) is 57.3 Å². The van der Waals surface area contributed by atoms with Crippen LogP contribution < -0.4 is 0 Å². The molecular formula is C11H22NO3S. The van der Waals surface area contributed by atoms with Crippen molar-refractivity contribution in [3.63, 3.8) is 0 Å². The van der Waals surface area contributed by atoms with Crippen LogP contribution in [-0.4, -0.2) is 51.1 Å². The molecule has 0 aliphatic carbocycles. The minimum Gasteiger partial charge on any atom is -0.300 e. The predicted molar refractivity (Wildman–Crippen MR) is 63.7 cm³/mol. The van der Waals surface area contributed by atoms with E-state index in [2.05, 4.69) is 4.90 Å². The summed E-state index contributed by atoms with van der Waals surface area (Å²) in [6.07, 6.45) is 6.12. The summed E-state index contributed by atoms with van der Waals surface area (Å²) in [5.74, 6) is 0.269. The maximum Gasteiger partial charge on any atom is 0.147 e. The molecular weight excluding hydrogens is 226 g/mol. The van der Waals surface area contributed by atoms with Crippen molar-refractivity contribution in [2.24, 2.45) is 0 Å². The quantitative estimate of drug-likeness (QED) is 0.707. The van der Waals surface area contributed by atoms with Crippen LogP contribution in [0.25, 0.3) is 0 Å². The van der Waals surface area contributed by atoms with E-state index in [1.165, 1.54) is 19.1 Å². The number of nitrogens with zero attached hydrogens (tertiary/aromatic N) is 1. The Morgan fingerprint density at radius 3 is 2.69 bits per heavy atom. The molecule has 0 N–H and O–H groups in total. The molecule has 16 heavy (non-hydrogen) atoms. The summed E-state index contributed by atoms with van der Waals surface area (Å²) >= 11 is 0. The maximum atomic E-state index is 11.1. The molecule has 0 amide bonds. The lowest BCUT2D eigenvalue weighted by atomic mass is 10.00. The van der Waals surface area contributed by atoms with E-state index < -0.39 is 9.84 Å². The predicted octanol–water partition coefficient (Wildman–Crippen LogP) is 1.10. The van der Waals surface area contributed by atoms with Crippen molar-refractivity contribution in [3.05, 3.63) is 0 Å². The van der Waals surface area contributed by atoms with Crippen molar-refractivity contribution < 1.29 is 13.5 Å². The molecule has 4 nitrogen and oxygen atoms in total. The molecule has 0 aromatic carbocycles. The van der Waals surface area contributed by atoms with E-state index >= 15 is 0 Å². The fourth-order valence-corrected chi connectivity index (χ4v) is 3.00. The molecule has 0 saturated carbocycles. The van der Waals surface area contributed by atoms with Gasteiger partial charge in [0.05, 0.1) is 12.4 Å². The van der Waals surface area contributed by atoms with Gasteiger partial charge in [0.1, 0.15) is 9.84 Å². The molecule has 0 bridgehead atoms. The highest BCUT2D eigenvalue weighted by atomic mass is 32.2. The standard InChI is InChI=1S/C11H22NO3S/c1-16(14,15)10-6-11-5-2-3-7-12(11)8-4-9-13/h11H,2-10H2,1H3. The van der Waals surface area contributed by atoms with Gasteiger partial charge in [0.2, 0.25) is 0 Å². The van der Waals surface area contributed by atoms with Gasteiger partial charge in [0.25, 0.3) is 0 Å². The second kappa shape index (κ2) is 6.57. The Morgan fingerprint density at radius 1 is 1.31 bits per heavy atom. The van der Waals surface area contributed by atoms with Gasteiger partial charge in [-0.05, 0) is 32.2 Å². The van der Waals surface area contributed by atoms with Crippen molar-refractivity contribution in [1.82, 2.24) is 4.90 Å². The highest BCUT2D eigenvalue weighted by Crippen LogP contribution is 2.20. The molecule has 5 heteroatoms. The molecule has 1 heterocycles. The molecule has 0 aromatic rings. The maximum absolute atomic E-state index is 11.1. The number of hydrogen-bond donors (Lipinski definition) is 0. The first kappa shape index (κ1) is 13.9. The Hall–Kier alpha value is -0.130. The third-order valence-electron chi connectivity index (χ3n) is 3.16. The van der Waals surface area contributed by atoms with Gasteiger partial charge in [-0.25, -0.2) is 13.5 Å². The third-order valence-corrected chi connectivity index (χ3v) is 4.14. The van der Waals surface area contributed by atoms with Gasteiger partial charge in [0.15, 0.2) is 0 Å². The molecule has 1 radical (unpaired) electrons.